The van der Waals surface area contributed by atoms with E-state index >= 15 is 0 Å². The minimum atomic E-state index is -0.625. The lowest BCUT2D eigenvalue weighted by Crippen LogP contribution is -3.00. The number of nitrogens with zero attached hydrogens (tertiary/aromatic N) is 1. The van der Waals surface area contributed by atoms with Crippen LogP contribution in [0.15, 0.2) is 58.0 Å². The number of hydrogen-bond acceptors (Lipinski definition) is 4. The largest absolute Gasteiger partial charge is 1.00 e. The standard InChI is InChI=1S/C18H16NO4.ClH/c1-12-5-7-19(8-6-12)11-16(20)15-10-13-9-14(22-2)3-4-17(13)23-18(15)21;/h3-10H,11H2,1-2H3;1H/q+1;/p-1. The number of ether oxygens (including phenoxy) is 1. The average molecular weight is 346 g/mol. The Morgan fingerprint density at radius 1 is 1.17 bits per heavy atom. The molecule has 0 aliphatic rings. The number of Topliss-reactive ketones (excluding diaryl/α,β-unsaturated/α-hetero) is 1. The van der Waals surface area contributed by atoms with Crippen LogP contribution in [0.4, 0.5) is 0 Å². The first-order valence-corrected chi connectivity index (χ1v) is 7.17. The van der Waals surface area contributed by atoms with Gasteiger partial charge in [0, 0.05) is 17.5 Å². The summed E-state index contributed by atoms with van der Waals surface area (Å²) in [6.07, 6.45) is 3.61. The molecule has 5 nitrogen and oxygen atoms in total. The van der Waals surface area contributed by atoms with E-state index in [1.807, 2.05) is 19.1 Å². The second-order valence-corrected chi connectivity index (χ2v) is 5.32. The molecule has 3 aromatic rings. The molecule has 0 aliphatic carbocycles. The Kier molecular flexibility index (Phi) is 5.36. The molecule has 0 amide bonds. The molecule has 0 saturated heterocycles. The van der Waals surface area contributed by atoms with Crippen LogP contribution >= 0.6 is 0 Å². The zero-order chi connectivity index (χ0) is 16.4. The van der Waals surface area contributed by atoms with Gasteiger partial charge in [0.1, 0.15) is 16.9 Å². The maximum atomic E-state index is 12.4. The molecule has 0 spiro atoms. The number of fused-ring (bicyclic) bond motifs is 1. The fraction of sp³-hybridized carbons (Fsp3) is 0.167. The number of methoxy groups -OCH3 is 1. The van der Waals surface area contributed by atoms with Gasteiger partial charge in [0.25, 0.3) is 0 Å². The Hall–Kier alpha value is -2.66. The summed E-state index contributed by atoms with van der Waals surface area (Å²) >= 11 is 0. The summed E-state index contributed by atoms with van der Waals surface area (Å²) in [7, 11) is 1.56. The van der Waals surface area contributed by atoms with Crippen LogP contribution in [0.1, 0.15) is 15.9 Å². The van der Waals surface area contributed by atoms with Crippen molar-refractivity contribution in [2.75, 3.05) is 7.11 Å². The topological polar surface area (TPSA) is 60.4 Å². The highest BCUT2D eigenvalue weighted by atomic mass is 35.5. The van der Waals surface area contributed by atoms with Crippen LogP contribution in [0, 0.1) is 6.92 Å². The normalized spacial score (nSPS) is 10.2. The molecule has 24 heavy (non-hydrogen) atoms. The van der Waals surface area contributed by atoms with Gasteiger partial charge < -0.3 is 21.6 Å². The van der Waals surface area contributed by atoms with E-state index in [4.69, 9.17) is 9.15 Å². The Bertz CT molecular complexity index is 932. The van der Waals surface area contributed by atoms with Crippen LogP contribution in [0.2, 0.25) is 0 Å². The van der Waals surface area contributed by atoms with Crippen LogP contribution < -0.4 is 27.3 Å². The number of carbonyl (C=O) groups is 1. The lowest BCUT2D eigenvalue weighted by Gasteiger charge is -2.03. The van der Waals surface area contributed by atoms with Gasteiger partial charge >= 0.3 is 5.63 Å². The molecule has 0 unspecified atom stereocenters. The fourth-order valence-corrected chi connectivity index (χ4v) is 2.31. The molecular formula is C18H16ClNO4. The molecule has 2 aromatic heterocycles. The van der Waals surface area contributed by atoms with E-state index < -0.39 is 5.63 Å². The monoisotopic (exact) mass is 345 g/mol. The number of benzene rings is 1. The highest BCUT2D eigenvalue weighted by Crippen LogP contribution is 2.20. The smallest absolute Gasteiger partial charge is 0.347 e. The van der Waals surface area contributed by atoms with Crippen molar-refractivity contribution < 1.29 is 30.9 Å². The average Bonchev–Trinajstić information content (AvgIpc) is 2.55. The molecule has 0 saturated carbocycles. The first-order valence-electron chi connectivity index (χ1n) is 7.17. The number of aryl methyl sites for hydroxylation is 1. The predicted molar refractivity (Wildman–Crippen MR) is 84.7 cm³/mol. The summed E-state index contributed by atoms with van der Waals surface area (Å²) < 4.78 is 12.1. The summed E-state index contributed by atoms with van der Waals surface area (Å²) in [5.41, 5.74) is 0.945. The number of aromatic nitrogens is 1. The lowest BCUT2D eigenvalue weighted by molar-refractivity contribution is -0.683. The zero-order valence-corrected chi connectivity index (χ0v) is 14.0. The van der Waals surface area contributed by atoms with Gasteiger partial charge in [0.2, 0.25) is 12.3 Å². The highest BCUT2D eigenvalue weighted by Gasteiger charge is 2.18. The number of rotatable bonds is 4. The van der Waals surface area contributed by atoms with Gasteiger partial charge in [0.15, 0.2) is 12.4 Å². The maximum Gasteiger partial charge on any atom is 0.347 e. The third-order valence-electron chi connectivity index (χ3n) is 3.62. The number of hydrogen-bond donors (Lipinski definition) is 0. The highest BCUT2D eigenvalue weighted by molar-refractivity contribution is 5.97. The first-order chi connectivity index (χ1) is 11.1. The molecule has 0 fully saturated rings. The van der Waals surface area contributed by atoms with E-state index in [0.717, 1.165) is 5.56 Å². The second-order valence-electron chi connectivity index (χ2n) is 5.32. The van der Waals surface area contributed by atoms with Crippen LogP contribution in [-0.4, -0.2) is 12.9 Å². The van der Waals surface area contributed by atoms with Gasteiger partial charge in [-0.25, -0.2) is 4.79 Å². The van der Waals surface area contributed by atoms with Crippen LogP contribution in [0.3, 0.4) is 0 Å². The molecule has 0 bridgehead atoms. The Balaban J connectivity index is 0.00000208. The van der Waals surface area contributed by atoms with E-state index in [9.17, 15) is 9.59 Å². The van der Waals surface area contributed by atoms with E-state index in [0.29, 0.717) is 16.7 Å². The van der Waals surface area contributed by atoms with Crippen molar-refractivity contribution in [3.05, 3.63) is 70.3 Å². The van der Waals surface area contributed by atoms with E-state index in [1.54, 1.807) is 48.3 Å². The quantitative estimate of drug-likeness (QED) is 0.356. The van der Waals surface area contributed by atoms with Gasteiger partial charge in [-0.05, 0) is 36.8 Å². The second kappa shape index (κ2) is 7.27. The Labute approximate surface area is 144 Å². The molecule has 6 heteroatoms. The molecule has 0 N–H and O–H groups in total. The van der Waals surface area contributed by atoms with Crippen molar-refractivity contribution in [2.45, 2.75) is 13.5 Å². The molecule has 0 aliphatic heterocycles. The molecule has 0 atom stereocenters. The molecule has 2 heterocycles. The Morgan fingerprint density at radius 2 is 1.88 bits per heavy atom. The van der Waals surface area contributed by atoms with Crippen molar-refractivity contribution in [3.8, 4) is 5.75 Å². The number of pyridine rings is 1. The summed E-state index contributed by atoms with van der Waals surface area (Å²) in [6.45, 7) is 2.05. The van der Waals surface area contributed by atoms with E-state index in [2.05, 4.69) is 0 Å². The SMILES string of the molecule is COc1ccc2oc(=O)c(C(=O)C[n+]3ccc(C)cc3)cc2c1.[Cl-]. The predicted octanol–water partition coefficient (Wildman–Crippen LogP) is -0.716. The number of ketones is 1. The maximum absolute atomic E-state index is 12.4. The molecule has 124 valence electrons. The summed E-state index contributed by atoms with van der Waals surface area (Å²) in [5, 5.41) is 0.654. The van der Waals surface area contributed by atoms with Gasteiger partial charge in [-0.15, -0.1) is 0 Å². The van der Waals surface area contributed by atoms with Crippen molar-refractivity contribution in [2.24, 2.45) is 0 Å². The number of carbonyl (C=O) groups excluding carboxylic acids is 1. The van der Waals surface area contributed by atoms with E-state index in [-0.39, 0.29) is 30.3 Å². The third kappa shape index (κ3) is 3.63. The lowest BCUT2D eigenvalue weighted by atomic mass is 10.1. The Morgan fingerprint density at radius 3 is 2.54 bits per heavy atom. The van der Waals surface area contributed by atoms with Crippen LogP contribution in [0.25, 0.3) is 11.0 Å². The summed E-state index contributed by atoms with van der Waals surface area (Å²) in [6, 6.07) is 10.4. The molecule has 3 rings (SSSR count). The van der Waals surface area contributed by atoms with Crippen molar-refractivity contribution in [1.82, 2.24) is 0 Å². The van der Waals surface area contributed by atoms with Gasteiger partial charge in [-0.1, -0.05) is 0 Å². The van der Waals surface area contributed by atoms with Crippen LogP contribution in [-0.2, 0) is 6.54 Å². The van der Waals surface area contributed by atoms with Crippen molar-refractivity contribution in [3.63, 3.8) is 0 Å². The molecule has 1 aromatic carbocycles. The minimum Gasteiger partial charge on any atom is -1.00 e. The third-order valence-corrected chi connectivity index (χ3v) is 3.62. The van der Waals surface area contributed by atoms with Crippen molar-refractivity contribution >= 4 is 16.8 Å². The molecular weight excluding hydrogens is 330 g/mol. The molecule has 0 radical (unpaired) electrons. The van der Waals surface area contributed by atoms with Crippen molar-refractivity contribution in [1.29, 1.82) is 0 Å². The van der Waals surface area contributed by atoms with Gasteiger partial charge in [-0.2, -0.15) is 4.57 Å². The zero-order valence-electron chi connectivity index (χ0n) is 13.3. The first kappa shape index (κ1) is 17.7. The van der Waals surface area contributed by atoms with Crippen LogP contribution in [0.5, 0.6) is 5.75 Å². The van der Waals surface area contributed by atoms with Gasteiger partial charge in [0.05, 0.1) is 7.11 Å². The summed E-state index contributed by atoms with van der Waals surface area (Å²) in [5.74, 6) is 0.343. The fourth-order valence-electron chi connectivity index (χ4n) is 2.31. The number of halogens is 1. The summed E-state index contributed by atoms with van der Waals surface area (Å²) in [4.78, 5) is 24.5. The minimum absolute atomic E-state index is 0. The van der Waals surface area contributed by atoms with Gasteiger partial charge in [-0.3, -0.25) is 4.79 Å². The van der Waals surface area contributed by atoms with E-state index in [1.165, 1.54) is 0 Å².